The molecule has 0 aliphatic carbocycles. The van der Waals surface area contributed by atoms with E-state index in [1.165, 1.54) is 11.3 Å². The summed E-state index contributed by atoms with van der Waals surface area (Å²) in [5, 5.41) is 16.7. The van der Waals surface area contributed by atoms with E-state index in [1.54, 1.807) is 18.4 Å². The lowest BCUT2D eigenvalue weighted by Gasteiger charge is -2.05. The number of nitrogens with one attached hydrogen (secondary N) is 2. The van der Waals surface area contributed by atoms with Crippen LogP contribution in [0.1, 0.15) is 25.3 Å². The molecule has 1 amide bonds. The molecule has 0 saturated heterocycles. The average Bonchev–Trinajstić information content (AvgIpc) is 2.85. The van der Waals surface area contributed by atoms with Crippen LogP contribution in [0.5, 0.6) is 0 Å². The van der Waals surface area contributed by atoms with Gasteiger partial charge in [0.05, 0.1) is 18.7 Å². The maximum absolute atomic E-state index is 11.6. The SMILES string of the molecule is CCOC(=O)CCCNCC(=O)Nc1sccc1C#N. The number of ether oxygens (including phenoxy) is 1. The van der Waals surface area contributed by atoms with Crippen molar-refractivity contribution in [3.05, 3.63) is 17.0 Å². The zero-order chi connectivity index (χ0) is 14.8. The van der Waals surface area contributed by atoms with Crippen LogP contribution in [0.15, 0.2) is 11.4 Å². The van der Waals surface area contributed by atoms with Crippen molar-refractivity contribution in [2.45, 2.75) is 19.8 Å². The van der Waals surface area contributed by atoms with E-state index >= 15 is 0 Å². The monoisotopic (exact) mass is 295 g/mol. The third-order valence-electron chi connectivity index (χ3n) is 2.36. The topological polar surface area (TPSA) is 91.2 Å². The van der Waals surface area contributed by atoms with Crippen molar-refractivity contribution < 1.29 is 14.3 Å². The second kappa shape index (κ2) is 9.07. The van der Waals surface area contributed by atoms with Crippen LogP contribution >= 0.6 is 11.3 Å². The lowest BCUT2D eigenvalue weighted by atomic mass is 10.3. The second-order valence-electron chi connectivity index (χ2n) is 3.91. The third-order valence-corrected chi connectivity index (χ3v) is 3.19. The number of hydrogen-bond acceptors (Lipinski definition) is 6. The molecule has 1 heterocycles. The number of thiophene rings is 1. The third kappa shape index (κ3) is 5.82. The molecule has 6 nitrogen and oxygen atoms in total. The second-order valence-corrected chi connectivity index (χ2v) is 4.82. The molecule has 0 atom stereocenters. The Morgan fingerprint density at radius 2 is 2.30 bits per heavy atom. The Bertz CT molecular complexity index is 493. The molecule has 0 radical (unpaired) electrons. The minimum Gasteiger partial charge on any atom is -0.466 e. The number of amides is 1. The molecule has 0 aliphatic heterocycles. The zero-order valence-electron chi connectivity index (χ0n) is 11.3. The largest absolute Gasteiger partial charge is 0.466 e. The highest BCUT2D eigenvalue weighted by Crippen LogP contribution is 2.21. The molecule has 1 aromatic rings. The lowest BCUT2D eigenvalue weighted by molar-refractivity contribution is -0.143. The first-order valence-electron chi connectivity index (χ1n) is 6.31. The van der Waals surface area contributed by atoms with Crippen molar-refractivity contribution in [3.8, 4) is 6.07 Å². The average molecular weight is 295 g/mol. The van der Waals surface area contributed by atoms with Gasteiger partial charge in [-0.05, 0) is 31.3 Å². The highest BCUT2D eigenvalue weighted by atomic mass is 32.1. The minimum absolute atomic E-state index is 0.144. The Kier molecular flexibility index (Phi) is 7.32. The summed E-state index contributed by atoms with van der Waals surface area (Å²) in [5.74, 6) is -0.434. The van der Waals surface area contributed by atoms with Crippen LogP contribution in [-0.4, -0.2) is 31.6 Å². The van der Waals surface area contributed by atoms with Crippen molar-refractivity contribution >= 4 is 28.2 Å². The van der Waals surface area contributed by atoms with E-state index in [0.717, 1.165) is 0 Å². The fourth-order valence-electron chi connectivity index (χ4n) is 1.46. The van der Waals surface area contributed by atoms with Crippen LogP contribution in [0.2, 0.25) is 0 Å². The molecular formula is C13H17N3O3S. The summed E-state index contributed by atoms with van der Waals surface area (Å²) in [7, 11) is 0. The van der Waals surface area contributed by atoms with Gasteiger partial charge in [-0.3, -0.25) is 9.59 Å². The molecule has 108 valence electrons. The maximum Gasteiger partial charge on any atom is 0.305 e. The quantitative estimate of drug-likeness (QED) is 0.560. The van der Waals surface area contributed by atoms with E-state index in [0.29, 0.717) is 36.6 Å². The van der Waals surface area contributed by atoms with Gasteiger partial charge in [-0.2, -0.15) is 5.26 Å². The summed E-state index contributed by atoms with van der Waals surface area (Å²) < 4.78 is 4.79. The fraction of sp³-hybridized carbons (Fsp3) is 0.462. The summed E-state index contributed by atoms with van der Waals surface area (Å²) in [5.41, 5.74) is 0.464. The Morgan fingerprint density at radius 3 is 3.00 bits per heavy atom. The molecule has 0 saturated carbocycles. The van der Waals surface area contributed by atoms with Gasteiger partial charge in [-0.1, -0.05) is 0 Å². The number of hydrogen-bond donors (Lipinski definition) is 2. The summed E-state index contributed by atoms with van der Waals surface area (Å²) >= 11 is 1.31. The molecule has 0 bridgehead atoms. The number of carbonyl (C=O) groups is 2. The predicted octanol–water partition coefficient (Wildman–Crippen LogP) is 1.49. The molecule has 1 aromatic heterocycles. The molecular weight excluding hydrogens is 278 g/mol. The van der Waals surface area contributed by atoms with Gasteiger partial charge >= 0.3 is 5.97 Å². The van der Waals surface area contributed by atoms with Gasteiger partial charge in [0.25, 0.3) is 0 Å². The van der Waals surface area contributed by atoms with E-state index in [2.05, 4.69) is 10.6 Å². The van der Waals surface area contributed by atoms with Crippen LogP contribution in [0.25, 0.3) is 0 Å². The first kappa shape index (κ1) is 16.1. The van der Waals surface area contributed by atoms with E-state index < -0.39 is 0 Å². The van der Waals surface area contributed by atoms with Gasteiger partial charge in [-0.15, -0.1) is 11.3 Å². The lowest BCUT2D eigenvalue weighted by Crippen LogP contribution is -2.29. The Morgan fingerprint density at radius 1 is 1.50 bits per heavy atom. The van der Waals surface area contributed by atoms with Crippen molar-refractivity contribution in [3.63, 3.8) is 0 Å². The normalized spacial score (nSPS) is 9.80. The molecule has 0 aliphatic rings. The summed E-state index contributed by atoms with van der Waals surface area (Å²) in [6, 6.07) is 3.67. The Hall–Kier alpha value is -1.91. The molecule has 0 aromatic carbocycles. The van der Waals surface area contributed by atoms with Crippen molar-refractivity contribution in [2.75, 3.05) is 25.0 Å². The summed E-state index contributed by atoms with van der Waals surface area (Å²) in [4.78, 5) is 22.7. The van der Waals surface area contributed by atoms with Crippen LogP contribution in [0, 0.1) is 11.3 Å². The van der Waals surface area contributed by atoms with Crippen LogP contribution in [0.3, 0.4) is 0 Å². The van der Waals surface area contributed by atoms with Crippen LogP contribution < -0.4 is 10.6 Å². The van der Waals surface area contributed by atoms with Crippen molar-refractivity contribution in [1.29, 1.82) is 5.26 Å². The van der Waals surface area contributed by atoms with E-state index in [-0.39, 0.29) is 18.4 Å². The van der Waals surface area contributed by atoms with Gasteiger partial charge in [0.15, 0.2) is 0 Å². The highest BCUT2D eigenvalue weighted by Gasteiger charge is 2.07. The first-order chi connectivity index (χ1) is 9.67. The summed E-state index contributed by atoms with van der Waals surface area (Å²) in [6.07, 6.45) is 0.959. The maximum atomic E-state index is 11.6. The molecule has 7 heteroatoms. The highest BCUT2D eigenvalue weighted by molar-refractivity contribution is 7.14. The standard InChI is InChI=1S/C13H17N3O3S/c1-2-19-12(18)4-3-6-15-9-11(17)16-13-10(8-14)5-7-20-13/h5,7,15H,2-4,6,9H2,1H3,(H,16,17). The fourth-order valence-corrected chi connectivity index (χ4v) is 2.21. The van der Waals surface area contributed by atoms with E-state index in [1.807, 2.05) is 6.07 Å². The number of carbonyl (C=O) groups excluding carboxylic acids is 2. The van der Waals surface area contributed by atoms with Crippen molar-refractivity contribution in [2.24, 2.45) is 0 Å². The summed E-state index contributed by atoms with van der Waals surface area (Å²) in [6.45, 7) is 2.85. The number of nitriles is 1. The minimum atomic E-state index is -0.226. The zero-order valence-corrected chi connectivity index (χ0v) is 12.1. The van der Waals surface area contributed by atoms with Gasteiger partial charge < -0.3 is 15.4 Å². The molecule has 0 unspecified atom stereocenters. The number of esters is 1. The van der Waals surface area contributed by atoms with Gasteiger partial charge in [-0.25, -0.2) is 0 Å². The number of nitrogens with zero attached hydrogens (tertiary/aromatic N) is 1. The molecule has 1 rings (SSSR count). The molecule has 2 N–H and O–H groups in total. The van der Waals surface area contributed by atoms with Crippen LogP contribution in [0.4, 0.5) is 5.00 Å². The number of rotatable bonds is 8. The van der Waals surface area contributed by atoms with Gasteiger partial charge in [0.1, 0.15) is 11.1 Å². The molecule has 0 fully saturated rings. The first-order valence-corrected chi connectivity index (χ1v) is 7.19. The number of anilines is 1. The predicted molar refractivity (Wildman–Crippen MR) is 76.4 cm³/mol. The molecule has 20 heavy (non-hydrogen) atoms. The van der Waals surface area contributed by atoms with E-state index in [9.17, 15) is 9.59 Å². The van der Waals surface area contributed by atoms with Crippen molar-refractivity contribution in [1.82, 2.24) is 5.32 Å². The molecule has 0 spiro atoms. The van der Waals surface area contributed by atoms with E-state index in [4.69, 9.17) is 10.00 Å². The van der Waals surface area contributed by atoms with Gasteiger partial charge in [0, 0.05) is 6.42 Å². The van der Waals surface area contributed by atoms with Gasteiger partial charge in [0.2, 0.25) is 5.91 Å². The van der Waals surface area contributed by atoms with Crippen LogP contribution in [-0.2, 0) is 14.3 Å². The Balaban J connectivity index is 2.15. The Labute approximate surface area is 121 Å². The smallest absolute Gasteiger partial charge is 0.305 e.